The van der Waals surface area contributed by atoms with Gasteiger partial charge in [-0.1, -0.05) is 76.2 Å². The molecule has 1 aliphatic heterocycles. The number of carbonyl (C=O) groups is 1. The van der Waals surface area contributed by atoms with E-state index < -0.39 is 5.41 Å². The number of rotatable bonds is 1. The van der Waals surface area contributed by atoms with E-state index in [1.165, 1.54) is 11.1 Å². The summed E-state index contributed by atoms with van der Waals surface area (Å²) in [5, 5.41) is 0. The second-order valence-corrected chi connectivity index (χ2v) is 7.13. The molecule has 0 aliphatic carbocycles. The van der Waals surface area contributed by atoms with E-state index in [2.05, 4.69) is 37.3 Å². The molecule has 0 unspecified atom stereocenters. The molecule has 2 nitrogen and oxygen atoms in total. The lowest BCUT2D eigenvalue weighted by Crippen LogP contribution is -2.40. The molecule has 2 atom stereocenters. The molecule has 2 heteroatoms. The Balaban J connectivity index is 2.15. The number of hydrogen-bond donors (Lipinski definition) is 0. The Bertz CT molecular complexity index is 684. The van der Waals surface area contributed by atoms with E-state index in [4.69, 9.17) is 0 Å². The molecule has 2 aromatic carbocycles. The zero-order valence-electron chi connectivity index (χ0n) is 13.7. The lowest BCUT2D eigenvalue weighted by molar-refractivity contribution is -0.126. The number of nitrogens with zero attached hydrogens (tertiary/aromatic N) is 1. The molecule has 0 N–H and O–H groups in total. The zero-order valence-corrected chi connectivity index (χ0v) is 13.7. The average Bonchev–Trinajstić information content (AvgIpc) is 2.80. The van der Waals surface area contributed by atoms with Gasteiger partial charge in [0.15, 0.2) is 0 Å². The zero-order chi connectivity index (χ0) is 15.9. The molecular formula is C20H23NO. The minimum Gasteiger partial charge on any atom is -0.304 e. The van der Waals surface area contributed by atoms with Crippen LogP contribution in [0.2, 0.25) is 0 Å². The van der Waals surface area contributed by atoms with Crippen LogP contribution >= 0.6 is 0 Å². The maximum atomic E-state index is 13.1. The number of fused-ring (bicyclic) bond motifs is 1. The first-order valence-electron chi connectivity index (χ1n) is 7.89. The fourth-order valence-electron chi connectivity index (χ4n) is 3.32. The lowest BCUT2D eigenvalue weighted by Gasteiger charge is -2.33. The summed E-state index contributed by atoms with van der Waals surface area (Å²) in [5.74, 6) is 0.475. The quantitative estimate of drug-likeness (QED) is 0.730. The van der Waals surface area contributed by atoms with E-state index in [0.717, 1.165) is 5.69 Å². The normalized spacial score (nSPS) is 20.8. The van der Waals surface area contributed by atoms with Crippen molar-refractivity contribution in [3.05, 3.63) is 65.7 Å². The summed E-state index contributed by atoms with van der Waals surface area (Å²) in [5.41, 5.74) is 3.12. The van der Waals surface area contributed by atoms with Gasteiger partial charge in [0.05, 0.1) is 6.04 Å². The molecule has 0 saturated carbocycles. The Morgan fingerprint density at radius 3 is 2.18 bits per heavy atom. The van der Waals surface area contributed by atoms with Crippen molar-refractivity contribution in [3.8, 4) is 0 Å². The fraction of sp³-hybridized carbons (Fsp3) is 0.350. The Morgan fingerprint density at radius 1 is 0.955 bits per heavy atom. The van der Waals surface area contributed by atoms with Crippen molar-refractivity contribution in [3.63, 3.8) is 0 Å². The number of anilines is 1. The van der Waals surface area contributed by atoms with Gasteiger partial charge < -0.3 is 4.90 Å². The number of carbonyl (C=O) groups excluding carboxylic acids is 1. The highest BCUT2D eigenvalue weighted by atomic mass is 16.2. The summed E-state index contributed by atoms with van der Waals surface area (Å²) in [6.07, 6.45) is 0. The highest BCUT2D eigenvalue weighted by Crippen LogP contribution is 2.49. The lowest BCUT2D eigenvalue weighted by atomic mass is 9.90. The van der Waals surface area contributed by atoms with Crippen LogP contribution in [0, 0.1) is 5.41 Å². The van der Waals surface area contributed by atoms with Crippen molar-refractivity contribution in [2.24, 2.45) is 5.41 Å². The first-order chi connectivity index (χ1) is 10.4. The summed E-state index contributed by atoms with van der Waals surface area (Å²) in [6, 6.07) is 18.7. The van der Waals surface area contributed by atoms with Gasteiger partial charge in [-0.3, -0.25) is 4.79 Å². The predicted octanol–water partition coefficient (Wildman–Crippen LogP) is 4.92. The van der Waals surface area contributed by atoms with Crippen LogP contribution in [0.1, 0.15) is 50.8 Å². The SMILES string of the molecule is C[C@@H]1c2ccccc2N(C(=O)C(C)(C)C)[C@H]1c1ccccc1. The van der Waals surface area contributed by atoms with Crippen molar-refractivity contribution in [2.75, 3.05) is 4.90 Å². The second-order valence-electron chi connectivity index (χ2n) is 7.13. The van der Waals surface area contributed by atoms with Crippen molar-refractivity contribution in [2.45, 2.75) is 39.7 Å². The van der Waals surface area contributed by atoms with Crippen LogP contribution in [-0.4, -0.2) is 5.91 Å². The van der Waals surface area contributed by atoms with E-state index >= 15 is 0 Å². The van der Waals surface area contributed by atoms with Gasteiger partial charge in [0, 0.05) is 17.0 Å². The summed E-state index contributed by atoms with van der Waals surface area (Å²) in [6.45, 7) is 8.18. The van der Waals surface area contributed by atoms with Gasteiger partial charge in [0.2, 0.25) is 5.91 Å². The summed E-state index contributed by atoms with van der Waals surface area (Å²) in [7, 11) is 0. The van der Waals surface area contributed by atoms with Gasteiger partial charge in [-0.2, -0.15) is 0 Å². The van der Waals surface area contributed by atoms with Crippen LogP contribution in [0.3, 0.4) is 0 Å². The van der Waals surface area contributed by atoms with Crippen LogP contribution in [0.25, 0.3) is 0 Å². The van der Waals surface area contributed by atoms with Gasteiger partial charge in [-0.25, -0.2) is 0 Å². The maximum Gasteiger partial charge on any atom is 0.232 e. The van der Waals surface area contributed by atoms with E-state index in [-0.39, 0.29) is 11.9 Å². The summed E-state index contributed by atoms with van der Waals surface area (Å²) < 4.78 is 0. The average molecular weight is 293 g/mol. The number of hydrogen-bond acceptors (Lipinski definition) is 1. The van der Waals surface area contributed by atoms with Crippen LogP contribution < -0.4 is 4.90 Å². The van der Waals surface area contributed by atoms with Crippen molar-refractivity contribution in [1.29, 1.82) is 0 Å². The Hall–Kier alpha value is -2.09. The molecule has 0 aromatic heterocycles. The highest BCUT2D eigenvalue weighted by molar-refractivity contribution is 6.00. The van der Waals surface area contributed by atoms with Crippen LogP contribution in [0.5, 0.6) is 0 Å². The second kappa shape index (κ2) is 5.28. The van der Waals surface area contributed by atoms with Crippen LogP contribution in [-0.2, 0) is 4.79 Å². The Kier molecular flexibility index (Phi) is 3.56. The van der Waals surface area contributed by atoms with E-state index in [9.17, 15) is 4.79 Å². The summed E-state index contributed by atoms with van der Waals surface area (Å²) >= 11 is 0. The van der Waals surface area contributed by atoms with Gasteiger partial charge in [0.25, 0.3) is 0 Å². The highest BCUT2D eigenvalue weighted by Gasteiger charge is 2.42. The monoisotopic (exact) mass is 293 g/mol. The standard InChI is InChI=1S/C20H23NO/c1-14-16-12-8-9-13-17(16)21(19(22)20(2,3)4)18(14)15-10-6-5-7-11-15/h5-14,18H,1-4H3/t14-,18-/m1/s1. The Labute approximate surface area is 132 Å². The molecule has 2 aromatic rings. The number of amides is 1. The molecule has 0 fully saturated rings. The molecule has 3 rings (SSSR count). The smallest absolute Gasteiger partial charge is 0.232 e. The van der Waals surface area contributed by atoms with Gasteiger partial charge >= 0.3 is 0 Å². The largest absolute Gasteiger partial charge is 0.304 e. The van der Waals surface area contributed by atoms with E-state index in [1.54, 1.807) is 0 Å². The molecule has 22 heavy (non-hydrogen) atoms. The third-order valence-corrected chi connectivity index (χ3v) is 4.44. The van der Waals surface area contributed by atoms with E-state index in [0.29, 0.717) is 5.92 Å². The predicted molar refractivity (Wildman–Crippen MR) is 91.0 cm³/mol. The van der Waals surface area contributed by atoms with Gasteiger partial charge in [-0.05, 0) is 17.2 Å². The van der Waals surface area contributed by atoms with Gasteiger partial charge in [0.1, 0.15) is 0 Å². The van der Waals surface area contributed by atoms with Crippen molar-refractivity contribution in [1.82, 2.24) is 0 Å². The molecule has 0 bridgehead atoms. The number of benzene rings is 2. The first kappa shape index (κ1) is 14.8. The molecule has 1 amide bonds. The molecule has 0 radical (unpaired) electrons. The minimum absolute atomic E-state index is 0.0744. The molecular weight excluding hydrogens is 270 g/mol. The first-order valence-corrected chi connectivity index (χ1v) is 7.89. The maximum absolute atomic E-state index is 13.1. The van der Waals surface area contributed by atoms with E-state index in [1.807, 2.05) is 49.9 Å². The minimum atomic E-state index is -0.399. The third kappa shape index (κ3) is 2.33. The molecule has 0 spiro atoms. The number of para-hydroxylation sites is 1. The fourth-order valence-corrected chi connectivity index (χ4v) is 3.32. The van der Waals surface area contributed by atoms with Crippen molar-refractivity contribution >= 4 is 11.6 Å². The van der Waals surface area contributed by atoms with Crippen molar-refractivity contribution < 1.29 is 4.79 Å². The third-order valence-electron chi connectivity index (χ3n) is 4.44. The van der Waals surface area contributed by atoms with Crippen LogP contribution in [0.4, 0.5) is 5.69 Å². The Morgan fingerprint density at radius 2 is 1.55 bits per heavy atom. The molecule has 114 valence electrons. The van der Waals surface area contributed by atoms with Gasteiger partial charge in [-0.15, -0.1) is 0 Å². The molecule has 0 saturated heterocycles. The summed E-state index contributed by atoms with van der Waals surface area (Å²) in [4.78, 5) is 15.1. The molecule has 1 heterocycles. The van der Waals surface area contributed by atoms with Crippen LogP contribution in [0.15, 0.2) is 54.6 Å². The topological polar surface area (TPSA) is 20.3 Å². The molecule has 1 aliphatic rings.